The van der Waals surface area contributed by atoms with E-state index in [1.807, 2.05) is 24.5 Å². The van der Waals surface area contributed by atoms with E-state index in [1.54, 1.807) is 0 Å². The van der Waals surface area contributed by atoms with Crippen molar-refractivity contribution < 1.29 is 0 Å². The first-order valence-corrected chi connectivity index (χ1v) is 14.3. The highest BCUT2D eigenvalue weighted by molar-refractivity contribution is 8.33. The van der Waals surface area contributed by atoms with Crippen molar-refractivity contribution in [3.8, 4) is 33.6 Å². The minimum atomic E-state index is -1.24. The van der Waals surface area contributed by atoms with Crippen LogP contribution < -0.4 is 0 Å². The molecular weight excluding hydrogens is 444 g/mol. The summed E-state index contributed by atoms with van der Waals surface area (Å²) < 4.78 is 0. The predicted molar refractivity (Wildman–Crippen MR) is 149 cm³/mol. The number of pyridine rings is 2. The Morgan fingerprint density at radius 1 is 0.514 bits per heavy atom. The van der Waals surface area contributed by atoms with Crippen LogP contribution in [-0.4, -0.2) is 22.5 Å². The van der Waals surface area contributed by atoms with Gasteiger partial charge in [0.2, 0.25) is 0 Å². The molecule has 0 fully saturated rings. The van der Waals surface area contributed by atoms with E-state index in [1.165, 1.54) is 53.6 Å². The van der Waals surface area contributed by atoms with Crippen molar-refractivity contribution in [2.24, 2.45) is 0 Å². The summed E-state index contributed by atoms with van der Waals surface area (Å²) in [7, 11) is -1.24. The SMILES string of the molecule is CS1(C)c2ccccc2-c2ccc3c(-c4ccccn4)c4ccccc4c(-c4ccccn4)c3c21. The van der Waals surface area contributed by atoms with Gasteiger partial charge in [0, 0.05) is 38.7 Å². The molecule has 1 aliphatic heterocycles. The van der Waals surface area contributed by atoms with Gasteiger partial charge >= 0.3 is 0 Å². The van der Waals surface area contributed by atoms with Crippen molar-refractivity contribution >= 4 is 31.6 Å². The summed E-state index contributed by atoms with van der Waals surface area (Å²) >= 11 is 0. The maximum Gasteiger partial charge on any atom is 0.0714 e. The van der Waals surface area contributed by atoms with Gasteiger partial charge in [0.25, 0.3) is 0 Å². The predicted octanol–water partition coefficient (Wildman–Crippen LogP) is 8.58. The van der Waals surface area contributed by atoms with Crippen LogP contribution in [-0.2, 0) is 0 Å². The molecule has 6 aromatic rings. The molecular formula is C32H24N2S. The Kier molecular flexibility index (Phi) is 4.39. The van der Waals surface area contributed by atoms with Crippen LogP contribution in [0.5, 0.6) is 0 Å². The molecule has 168 valence electrons. The first kappa shape index (κ1) is 20.4. The van der Waals surface area contributed by atoms with Crippen molar-refractivity contribution in [2.75, 3.05) is 12.5 Å². The summed E-state index contributed by atoms with van der Waals surface area (Å²) in [6.45, 7) is 0. The maximum absolute atomic E-state index is 4.87. The van der Waals surface area contributed by atoms with Gasteiger partial charge in [-0.05, 0) is 70.1 Å². The minimum absolute atomic E-state index is 1.00. The zero-order valence-corrected chi connectivity index (χ0v) is 20.5. The number of hydrogen-bond donors (Lipinski definition) is 0. The highest BCUT2D eigenvalue weighted by atomic mass is 32.3. The van der Waals surface area contributed by atoms with Gasteiger partial charge in [-0.2, -0.15) is 10.0 Å². The van der Waals surface area contributed by atoms with E-state index in [4.69, 9.17) is 9.97 Å². The van der Waals surface area contributed by atoms with Gasteiger partial charge < -0.3 is 0 Å². The molecule has 0 amide bonds. The quantitative estimate of drug-likeness (QED) is 0.238. The van der Waals surface area contributed by atoms with Crippen LogP contribution in [0, 0.1) is 0 Å². The van der Waals surface area contributed by atoms with E-state index in [0.29, 0.717) is 0 Å². The molecule has 7 rings (SSSR count). The molecule has 0 saturated heterocycles. The Bertz CT molecular complexity index is 1760. The number of fused-ring (bicyclic) bond motifs is 6. The van der Waals surface area contributed by atoms with Gasteiger partial charge in [-0.15, -0.1) is 0 Å². The van der Waals surface area contributed by atoms with Crippen molar-refractivity contribution in [1.82, 2.24) is 9.97 Å². The summed E-state index contributed by atoms with van der Waals surface area (Å²) in [6, 6.07) is 34.7. The summed E-state index contributed by atoms with van der Waals surface area (Å²) in [5, 5.41) is 4.99. The van der Waals surface area contributed by atoms with Gasteiger partial charge in [-0.25, -0.2) is 0 Å². The van der Waals surface area contributed by atoms with E-state index < -0.39 is 10.0 Å². The van der Waals surface area contributed by atoms with Crippen LogP contribution in [0.2, 0.25) is 0 Å². The van der Waals surface area contributed by atoms with E-state index >= 15 is 0 Å². The Balaban J connectivity index is 1.77. The van der Waals surface area contributed by atoms with Gasteiger partial charge in [0.05, 0.1) is 11.4 Å². The van der Waals surface area contributed by atoms with Gasteiger partial charge in [0.1, 0.15) is 0 Å². The summed E-state index contributed by atoms with van der Waals surface area (Å²) in [5.41, 5.74) is 7.16. The molecule has 0 radical (unpaired) electrons. The summed E-state index contributed by atoms with van der Waals surface area (Å²) in [4.78, 5) is 12.6. The van der Waals surface area contributed by atoms with Crippen LogP contribution in [0.3, 0.4) is 0 Å². The lowest BCUT2D eigenvalue weighted by molar-refractivity contribution is 1.33. The van der Waals surface area contributed by atoms with Crippen LogP contribution in [0.1, 0.15) is 0 Å². The molecule has 2 aromatic heterocycles. The topological polar surface area (TPSA) is 25.8 Å². The molecule has 0 unspecified atom stereocenters. The summed E-state index contributed by atoms with van der Waals surface area (Å²) in [6.07, 6.45) is 8.67. The van der Waals surface area contributed by atoms with Crippen LogP contribution in [0.25, 0.3) is 55.2 Å². The Labute approximate surface area is 206 Å². The maximum atomic E-state index is 4.87. The molecule has 0 spiro atoms. The van der Waals surface area contributed by atoms with E-state index in [0.717, 1.165) is 11.4 Å². The zero-order valence-electron chi connectivity index (χ0n) is 19.7. The van der Waals surface area contributed by atoms with Gasteiger partial charge in [-0.1, -0.05) is 66.7 Å². The minimum Gasteiger partial charge on any atom is -0.256 e. The summed E-state index contributed by atoms with van der Waals surface area (Å²) in [5.74, 6) is 0. The fourth-order valence-corrected chi connectivity index (χ4v) is 8.60. The van der Waals surface area contributed by atoms with E-state index in [9.17, 15) is 0 Å². The molecule has 35 heavy (non-hydrogen) atoms. The second-order valence-corrected chi connectivity index (χ2v) is 12.9. The average Bonchev–Trinajstić information content (AvgIpc) is 3.15. The number of rotatable bonds is 2. The smallest absolute Gasteiger partial charge is 0.0714 e. The molecule has 0 saturated carbocycles. The van der Waals surface area contributed by atoms with Crippen molar-refractivity contribution in [2.45, 2.75) is 9.79 Å². The largest absolute Gasteiger partial charge is 0.256 e. The third-order valence-corrected chi connectivity index (χ3v) is 10.1. The first-order valence-electron chi connectivity index (χ1n) is 11.8. The highest BCUT2D eigenvalue weighted by Crippen LogP contribution is 2.70. The van der Waals surface area contributed by atoms with Gasteiger partial charge in [-0.3, -0.25) is 9.97 Å². The van der Waals surface area contributed by atoms with Crippen LogP contribution >= 0.6 is 10.0 Å². The lowest BCUT2D eigenvalue weighted by Gasteiger charge is -2.31. The molecule has 2 nitrogen and oxygen atoms in total. The van der Waals surface area contributed by atoms with E-state index in [2.05, 4.69) is 97.4 Å². The fraction of sp³-hybridized carbons (Fsp3) is 0.0625. The Morgan fingerprint density at radius 2 is 1.11 bits per heavy atom. The third-order valence-electron chi connectivity index (χ3n) is 7.22. The Morgan fingerprint density at radius 3 is 1.80 bits per heavy atom. The van der Waals surface area contributed by atoms with Crippen LogP contribution in [0.15, 0.2) is 119 Å². The normalized spacial score (nSPS) is 14.6. The molecule has 0 aliphatic carbocycles. The van der Waals surface area contributed by atoms with Crippen molar-refractivity contribution in [1.29, 1.82) is 0 Å². The molecule has 0 atom stereocenters. The monoisotopic (exact) mass is 468 g/mol. The number of nitrogens with zero attached hydrogens (tertiary/aromatic N) is 2. The number of aromatic nitrogens is 2. The molecule has 0 bridgehead atoms. The standard InChI is InChI=1S/C32H24N2S/c1-35(2)28-16-6-5-11-21(28)24-17-18-25-29(26-14-7-9-19-33-26)22-12-3-4-13-23(22)30(31(25)32(24)35)27-15-8-10-20-34-27/h3-20H,1-2H3. The highest BCUT2D eigenvalue weighted by Gasteiger charge is 2.35. The van der Waals surface area contributed by atoms with E-state index in [-0.39, 0.29) is 0 Å². The number of hydrogen-bond acceptors (Lipinski definition) is 2. The molecule has 3 heteroatoms. The first-order chi connectivity index (χ1) is 17.2. The molecule has 1 aliphatic rings. The van der Waals surface area contributed by atoms with Crippen molar-refractivity contribution in [3.05, 3.63) is 109 Å². The van der Waals surface area contributed by atoms with Gasteiger partial charge in [0.15, 0.2) is 0 Å². The second-order valence-electron chi connectivity index (χ2n) is 9.41. The fourth-order valence-electron chi connectivity index (χ4n) is 5.79. The second kappa shape index (κ2) is 7.53. The zero-order chi connectivity index (χ0) is 23.6. The molecule has 3 heterocycles. The Hall–Kier alpha value is -3.95. The van der Waals surface area contributed by atoms with Crippen molar-refractivity contribution in [3.63, 3.8) is 0 Å². The molecule has 0 N–H and O–H groups in total. The third kappa shape index (κ3) is 2.85. The average molecular weight is 469 g/mol. The lowest BCUT2D eigenvalue weighted by Crippen LogP contribution is -1.99. The molecule has 4 aromatic carbocycles. The van der Waals surface area contributed by atoms with Crippen LogP contribution in [0.4, 0.5) is 0 Å². The lowest BCUT2D eigenvalue weighted by atomic mass is 9.87. The number of benzene rings is 4.